The van der Waals surface area contributed by atoms with Gasteiger partial charge in [-0.05, 0) is 43.6 Å². The molecule has 9 nitrogen and oxygen atoms in total. The Bertz CT molecular complexity index is 1150. The van der Waals surface area contributed by atoms with Gasteiger partial charge in [0.25, 0.3) is 5.91 Å². The Morgan fingerprint density at radius 3 is 2.58 bits per heavy atom. The quantitative estimate of drug-likeness (QED) is 0.675. The number of likely N-dealkylation sites (N-methyl/N-ethyl adjacent to an activating group) is 1. The first-order valence-corrected chi connectivity index (χ1v) is 12.8. The minimum absolute atomic E-state index is 0.151. The maximum Gasteiger partial charge on any atom is 0.250 e. The van der Waals surface area contributed by atoms with E-state index in [9.17, 15) is 13.2 Å². The van der Waals surface area contributed by atoms with E-state index in [1.807, 2.05) is 22.7 Å². The Kier molecular flexibility index (Phi) is 5.98. The van der Waals surface area contributed by atoms with Crippen LogP contribution < -0.4 is 10.2 Å². The minimum atomic E-state index is -3.36. The summed E-state index contributed by atoms with van der Waals surface area (Å²) in [6, 6.07) is 7.34. The van der Waals surface area contributed by atoms with E-state index in [1.165, 1.54) is 0 Å². The van der Waals surface area contributed by atoms with Crippen molar-refractivity contribution in [1.29, 1.82) is 0 Å². The Balaban J connectivity index is 1.17. The number of amides is 1. The third kappa shape index (κ3) is 4.42. The van der Waals surface area contributed by atoms with Gasteiger partial charge in [-0.1, -0.05) is 12.1 Å². The number of aromatic nitrogens is 2. The fourth-order valence-electron chi connectivity index (χ4n) is 4.64. The molecule has 3 aliphatic heterocycles. The van der Waals surface area contributed by atoms with Crippen LogP contribution in [-0.2, 0) is 25.9 Å². The lowest BCUT2D eigenvalue weighted by Gasteiger charge is -2.41. The fourth-order valence-corrected chi connectivity index (χ4v) is 6.37. The number of carbonyl (C=O) groups is 1. The van der Waals surface area contributed by atoms with Crippen molar-refractivity contribution in [3.63, 3.8) is 0 Å². The number of hydrogen-bond donors (Lipinski definition) is 1. The lowest BCUT2D eigenvalue weighted by molar-refractivity contribution is -0.117. The van der Waals surface area contributed by atoms with Crippen LogP contribution in [0.4, 0.5) is 5.95 Å². The molecule has 1 aromatic carbocycles. The van der Waals surface area contributed by atoms with Crippen molar-refractivity contribution in [2.24, 2.45) is 0 Å². The fraction of sp³-hybridized carbons (Fsp3) is 0.478. The van der Waals surface area contributed by atoms with Gasteiger partial charge in [0.15, 0.2) is 9.84 Å². The number of piperidine rings is 1. The number of ether oxygens (including phenoxy) is 1. The number of likely N-dealkylation sites (tertiary alicyclic amines) is 1. The van der Waals surface area contributed by atoms with Gasteiger partial charge in [0.05, 0.1) is 41.5 Å². The van der Waals surface area contributed by atoms with Crippen molar-refractivity contribution in [3.05, 3.63) is 47.8 Å². The van der Waals surface area contributed by atoms with Crippen molar-refractivity contribution in [2.75, 3.05) is 44.8 Å². The topological polar surface area (TPSA) is 96.8 Å². The molecule has 3 aliphatic rings. The molecule has 1 N–H and O–H groups in total. The molecule has 0 saturated carbocycles. The van der Waals surface area contributed by atoms with Crippen LogP contribution in [0.1, 0.15) is 18.4 Å². The first kappa shape index (κ1) is 22.1. The lowest BCUT2D eigenvalue weighted by Crippen LogP contribution is -2.53. The first-order chi connectivity index (χ1) is 15.9. The standard InChI is InChI=1S/C23H29N5O4S/c1-26-13-18(14-28-11-8-24-23(26)28)22(29)25-12-17-2-4-20(5-3-17)33(30,31)21-6-9-27(10-7-21)19-15-32-16-19/h2-5,8,11,14,19,21H,6-7,9-10,12-13,15-16H2,1H3,(H,25,29). The highest BCUT2D eigenvalue weighted by Gasteiger charge is 2.35. The molecule has 0 bridgehead atoms. The normalized spacial score (nSPS) is 20.2. The average molecular weight is 472 g/mol. The number of anilines is 1. The van der Waals surface area contributed by atoms with Crippen LogP contribution >= 0.6 is 0 Å². The van der Waals surface area contributed by atoms with E-state index in [-0.39, 0.29) is 11.2 Å². The van der Waals surface area contributed by atoms with Crippen molar-refractivity contribution in [2.45, 2.75) is 35.6 Å². The summed E-state index contributed by atoms with van der Waals surface area (Å²) >= 11 is 0. The Labute approximate surface area is 193 Å². The molecule has 0 spiro atoms. The van der Waals surface area contributed by atoms with E-state index < -0.39 is 9.84 Å². The summed E-state index contributed by atoms with van der Waals surface area (Å²) in [4.78, 5) is 21.5. The number of carbonyl (C=O) groups excluding carboxylic acids is 1. The number of sulfone groups is 1. The molecule has 0 unspecified atom stereocenters. The number of nitrogens with zero attached hydrogens (tertiary/aromatic N) is 4. The van der Waals surface area contributed by atoms with Gasteiger partial charge in [0.1, 0.15) is 0 Å². The predicted octanol–water partition coefficient (Wildman–Crippen LogP) is 1.13. The molecular formula is C23H29N5O4S. The van der Waals surface area contributed by atoms with Gasteiger partial charge in [0, 0.05) is 32.2 Å². The molecule has 0 radical (unpaired) electrons. The number of rotatable bonds is 6. The molecule has 0 atom stereocenters. The molecule has 4 heterocycles. The Hall–Kier alpha value is -2.69. The van der Waals surface area contributed by atoms with Crippen LogP contribution in [0.2, 0.25) is 0 Å². The maximum absolute atomic E-state index is 13.1. The van der Waals surface area contributed by atoms with Crippen LogP contribution in [0, 0.1) is 0 Å². The smallest absolute Gasteiger partial charge is 0.250 e. The van der Waals surface area contributed by atoms with E-state index >= 15 is 0 Å². The zero-order valence-corrected chi connectivity index (χ0v) is 19.5. The highest BCUT2D eigenvalue weighted by atomic mass is 32.2. The number of imidazole rings is 1. The second-order valence-electron chi connectivity index (χ2n) is 8.94. The average Bonchev–Trinajstić information content (AvgIpc) is 3.26. The summed E-state index contributed by atoms with van der Waals surface area (Å²) in [5.41, 5.74) is 1.50. The number of benzene rings is 1. The second-order valence-corrected chi connectivity index (χ2v) is 11.2. The molecular weight excluding hydrogens is 442 g/mol. The van der Waals surface area contributed by atoms with Crippen LogP contribution in [0.15, 0.2) is 47.1 Å². The summed E-state index contributed by atoms with van der Waals surface area (Å²) in [6.07, 6.45) is 6.60. The van der Waals surface area contributed by atoms with E-state index in [1.54, 1.807) is 36.7 Å². The zero-order chi connectivity index (χ0) is 23.0. The third-order valence-electron chi connectivity index (χ3n) is 6.74. The Morgan fingerprint density at radius 2 is 1.91 bits per heavy atom. The predicted molar refractivity (Wildman–Crippen MR) is 124 cm³/mol. The first-order valence-electron chi connectivity index (χ1n) is 11.3. The van der Waals surface area contributed by atoms with Gasteiger partial charge in [0.2, 0.25) is 5.95 Å². The van der Waals surface area contributed by atoms with Gasteiger partial charge in [-0.25, -0.2) is 13.4 Å². The van der Waals surface area contributed by atoms with Gasteiger partial charge in [-0.2, -0.15) is 0 Å². The van der Waals surface area contributed by atoms with Crippen molar-refractivity contribution in [3.8, 4) is 0 Å². The molecule has 0 aliphatic carbocycles. The highest BCUT2D eigenvalue weighted by Crippen LogP contribution is 2.27. The highest BCUT2D eigenvalue weighted by molar-refractivity contribution is 7.92. The van der Waals surface area contributed by atoms with Crippen LogP contribution in [-0.4, -0.2) is 80.0 Å². The van der Waals surface area contributed by atoms with Crippen molar-refractivity contribution < 1.29 is 17.9 Å². The largest absolute Gasteiger partial charge is 0.378 e. The number of nitrogens with one attached hydrogen (secondary N) is 1. The number of hydrogen-bond acceptors (Lipinski definition) is 7. The molecule has 5 rings (SSSR count). The summed E-state index contributed by atoms with van der Waals surface area (Å²) < 4.78 is 33.3. The van der Waals surface area contributed by atoms with Crippen LogP contribution in [0.5, 0.6) is 0 Å². The van der Waals surface area contributed by atoms with E-state index in [0.29, 0.717) is 42.4 Å². The van der Waals surface area contributed by atoms with Crippen molar-refractivity contribution in [1.82, 2.24) is 19.8 Å². The molecule has 176 valence electrons. The van der Waals surface area contributed by atoms with Crippen LogP contribution in [0.3, 0.4) is 0 Å². The van der Waals surface area contributed by atoms with Gasteiger partial charge in [-0.3, -0.25) is 14.3 Å². The van der Waals surface area contributed by atoms with Gasteiger partial charge < -0.3 is 15.0 Å². The molecule has 2 aromatic rings. The van der Waals surface area contributed by atoms with E-state index in [4.69, 9.17) is 4.74 Å². The summed E-state index contributed by atoms with van der Waals surface area (Å²) in [6.45, 7) is 3.93. The molecule has 2 saturated heterocycles. The summed E-state index contributed by atoms with van der Waals surface area (Å²) in [5, 5.41) is 2.58. The summed E-state index contributed by atoms with van der Waals surface area (Å²) in [7, 11) is -1.47. The Morgan fingerprint density at radius 1 is 1.18 bits per heavy atom. The lowest BCUT2D eigenvalue weighted by atomic mass is 10.1. The molecule has 1 aromatic heterocycles. The zero-order valence-electron chi connectivity index (χ0n) is 18.7. The monoisotopic (exact) mass is 471 g/mol. The second kappa shape index (κ2) is 8.92. The molecule has 1 amide bonds. The van der Waals surface area contributed by atoms with Crippen LogP contribution in [0.25, 0.3) is 6.20 Å². The summed E-state index contributed by atoms with van der Waals surface area (Å²) in [5.74, 6) is 0.646. The molecule has 10 heteroatoms. The molecule has 33 heavy (non-hydrogen) atoms. The van der Waals surface area contributed by atoms with Gasteiger partial charge >= 0.3 is 0 Å². The maximum atomic E-state index is 13.1. The van der Waals surface area contributed by atoms with Crippen molar-refractivity contribution >= 4 is 27.9 Å². The van der Waals surface area contributed by atoms with Gasteiger partial charge in [-0.15, -0.1) is 0 Å². The minimum Gasteiger partial charge on any atom is -0.378 e. The van der Waals surface area contributed by atoms with E-state index in [0.717, 1.165) is 37.8 Å². The third-order valence-corrected chi connectivity index (χ3v) is 9.02. The SMILES string of the molecule is CN1CC(C(=O)NCc2ccc(S(=O)(=O)C3CCN(C4COC4)CC3)cc2)=Cn2ccnc21. The van der Waals surface area contributed by atoms with E-state index in [2.05, 4.69) is 15.2 Å². The molecule has 2 fully saturated rings. The number of fused-ring (bicyclic) bond motifs is 1.